The molecule has 2 saturated heterocycles. The van der Waals surface area contributed by atoms with Gasteiger partial charge in [0.2, 0.25) is 5.91 Å². The Morgan fingerprint density at radius 1 is 1.00 bits per heavy atom. The van der Waals surface area contributed by atoms with Gasteiger partial charge in [0.05, 0.1) is 0 Å². The van der Waals surface area contributed by atoms with E-state index in [4.69, 9.17) is 0 Å². The van der Waals surface area contributed by atoms with Crippen LogP contribution in [0.25, 0.3) is 6.08 Å². The molecule has 7 nitrogen and oxygen atoms in total. The first-order valence-electron chi connectivity index (χ1n) is 17.5. The van der Waals surface area contributed by atoms with Gasteiger partial charge in [0.25, 0.3) is 5.91 Å². The molecule has 2 fully saturated rings. The highest BCUT2D eigenvalue weighted by Gasteiger charge is 2.26. The molecule has 6 rings (SSSR count). The Morgan fingerprint density at radius 3 is 2.56 bits per heavy atom. The van der Waals surface area contributed by atoms with E-state index in [-0.39, 0.29) is 23.5 Å². The van der Waals surface area contributed by atoms with E-state index in [2.05, 4.69) is 58.4 Å². The van der Waals surface area contributed by atoms with Crippen LogP contribution in [0.3, 0.4) is 0 Å². The molecule has 0 aliphatic carbocycles. The van der Waals surface area contributed by atoms with Crippen LogP contribution in [0.2, 0.25) is 0 Å². The fourth-order valence-electron chi connectivity index (χ4n) is 7.48. The lowest BCUT2D eigenvalue weighted by molar-refractivity contribution is -0.127. The molecule has 3 aliphatic rings. The summed E-state index contributed by atoms with van der Waals surface area (Å²) in [6.07, 6.45) is 11.5. The molecule has 2 amide bonds. The number of anilines is 2. The SMILES string of the molecule is C/C=C(/CCCN1CCCC1=O)CC(=O)c1ccc(C2CCN(c3ccccc3C)CC2)c(NC(=O)c2cccc3c2C=CN(C)C3)c1. The summed E-state index contributed by atoms with van der Waals surface area (Å²) in [7, 11) is 2.03. The summed E-state index contributed by atoms with van der Waals surface area (Å²) in [6.45, 7) is 8.34. The Morgan fingerprint density at radius 2 is 1.81 bits per heavy atom. The number of carbonyl (C=O) groups excluding carboxylic acids is 3. The van der Waals surface area contributed by atoms with Crippen LogP contribution in [0.4, 0.5) is 11.4 Å². The minimum atomic E-state index is -0.158. The number of para-hydroxylation sites is 1. The van der Waals surface area contributed by atoms with Gasteiger partial charge in [-0.1, -0.05) is 54.1 Å². The Labute approximate surface area is 285 Å². The molecule has 3 aromatic carbocycles. The maximum absolute atomic E-state index is 13.9. The van der Waals surface area contributed by atoms with Crippen LogP contribution in [0.15, 0.2) is 78.5 Å². The summed E-state index contributed by atoms with van der Waals surface area (Å²) in [4.78, 5) is 46.2. The van der Waals surface area contributed by atoms with Crippen LogP contribution in [-0.4, -0.2) is 60.6 Å². The second kappa shape index (κ2) is 15.1. The standard InChI is InChI=1S/C41H48N4O3/c1-4-30(11-8-21-45-22-9-15-40(45)47)26-39(46)32-16-17-35(31-18-24-44(25-19-31)38-14-6-5-10-29(38)2)37(27-32)42-41(48)36-13-7-12-33-28-43(3)23-20-34(33)36/h4-7,10,12-14,16-17,20,23,27,31H,8-9,11,15,18-19,21-22,24-26,28H2,1-3H3,(H,42,48)/b30-4-. The van der Waals surface area contributed by atoms with Crippen molar-refractivity contribution in [2.45, 2.75) is 71.3 Å². The van der Waals surface area contributed by atoms with Crippen LogP contribution in [-0.2, 0) is 11.3 Å². The van der Waals surface area contributed by atoms with E-state index in [1.54, 1.807) is 0 Å². The maximum Gasteiger partial charge on any atom is 0.256 e. The van der Waals surface area contributed by atoms with E-state index >= 15 is 0 Å². The molecule has 0 saturated carbocycles. The number of hydrogen-bond donors (Lipinski definition) is 1. The fraction of sp³-hybridized carbons (Fsp3) is 0.390. The summed E-state index contributed by atoms with van der Waals surface area (Å²) in [5, 5.41) is 3.27. The number of rotatable bonds is 11. The third kappa shape index (κ3) is 7.56. The first-order chi connectivity index (χ1) is 23.3. The second-order valence-electron chi connectivity index (χ2n) is 13.5. The lowest BCUT2D eigenvalue weighted by Gasteiger charge is -2.35. The number of benzene rings is 3. The lowest BCUT2D eigenvalue weighted by atomic mass is 9.86. The minimum absolute atomic E-state index is 0.0415. The van der Waals surface area contributed by atoms with Crippen molar-refractivity contribution >= 4 is 35.0 Å². The number of ketones is 1. The van der Waals surface area contributed by atoms with Crippen molar-refractivity contribution in [1.82, 2.24) is 9.80 Å². The molecule has 3 aromatic rings. The molecule has 0 unspecified atom stereocenters. The normalized spacial score (nSPS) is 16.8. The topological polar surface area (TPSA) is 73.0 Å². The molecule has 0 radical (unpaired) electrons. The number of nitrogens with one attached hydrogen (secondary N) is 1. The number of nitrogens with zero attached hydrogens (tertiary/aromatic N) is 3. The van der Waals surface area contributed by atoms with Crippen molar-refractivity contribution in [1.29, 1.82) is 0 Å². The minimum Gasteiger partial charge on any atom is -0.376 e. The summed E-state index contributed by atoms with van der Waals surface area (Å²) >= 11 is 0. The maximum atomic E-state index is 13.9. The van der Waals surface area contributed by atoms with Gasteiger partial charge in [-0.2, -0.15) is 0 Å². The zero-order chi connectivity index (χ0) is 33.6. The summed E-state index contributed by atoms with van der Waals surface area (Å²) < 4.78 is 0. The van der Waals surface area contributed by atoms with Crippen LogP contribution in [0.5, 0.6) is 0 Å². The highest BCUT2D eigenvalue weighted by molar-refractivity contribution is 6.08. The number of carbonyl (C=O) groups is 3. The Bertz CT molecular complexity index is 1730. The molecule has 7 heteroatoms. The molecule has 0 atom stereocenters. The van der Waals surface area contributed by atoms with E-state index in [0.717, 1.165) is 92.8 Å². The van der Waals surface area contributed by atoms with Crippen molar-refractivity contribution in [3.63, 3.8) is 0 Å². The predicted octanol–water partition coefficient (Wildman–Crippen LogP) is 7.97. The number of aryl methyl sites for hydroxylation is 1. The van der Waals surface area contributed by atoms with Gasteiger partial charge in [-0.15, -0.1) is 0 Å². The molecule has 250 valence electrons. The molecule has 3 aliphatic heterocycles. The quantitative estimate of drug-likeness (QED) is 0.169. The molecular formula is C41H48N4O3. The number of amides is 2. The molecular weight excluding hydrogens is 596 g/mol. The van der Waals surface area contributed by atoms with Gasteiger partial charge in [-0.3, -0.25) is 14.4 Å². The van der Waals surface area contributed by atoms with Crippen molar-refractivity contribution in [3.8, 4) is 0 Å². The number of allylic oxidation sites excluding steroid dienone is 2. The second-order valence-corrected chi connectivity index (χ2v) is 13.5. The van der Waals surface area contributed by atoms with E-state index < -0.39 is 0 Å². The smallest absolute Gasteiger partial charge is 0.256 e. The number of likely N-dealkylation sites (tertiary alicyclic amines) is 1. The molecule has 0 spiro atoms. The van der Waals surface area contributed by atoms with Crippen LogP contribution in [0.1, 0.15) is 101 Å². The van der Waals surface area contributed by atoms with E-state index in [0.29, 0.717) is 24.0 Å². The van der Waals surface area contributed by atoms with Crippen LogP contribution < -0.4 is 10.2 Å². The van der Waals surface area contributed by atoms with Crippen molar-refractivity contribution in [2.75, 3.05) is 43.4 Å². The summed E-state index contributed by atoms with van der Waals surface area (Å²) in [5.41, 5.74) is 8.77. The van der Waals surface area contributed by atoms with Gasteiger partial charge in [0, 0.05) is 75.1 Å². The largest absolute Gasteiger partial charge is 0.376 e. The van der Waals surface area contributed by atoms with Gasteiger partial charge in [0.1, 0.15) is 0 Å². The molecule has 3 heterocycles. The van der Waals surface area contributed by atoms with Gasteiger partial charge in [-0.05, 0) is 105 Å². The van der Waals surface area contributed by atoms with Gasteiger partial charge < -0.3 is 20.0 Å². The molecule has 1 N–H and O–H groups in total. The van der Waals surface area contributed by atoms with Gasteiger partial charge in [-0.25, -0.2) is 0 Å². The molecule has 0 aromatic heterocycles. The van der Waals surface area contributed by atoms with Crippen molar-refractivity contribution in [2.24, 2.45) is 0 Å². The molecule has 0 bridgehead atoms. The first kappa shape index (κ1) is 33.3. The Hall–Kier alpha value is -4.65. The van der Waals surface area contributed by atoms with Crippen molar-refractivity contribution in [3.05, 3.63) is 112 Å². The average Bonchev–Trinajstić information content (AvgIpc) is 3.51. The van der Waals surface area contributed by atoms with Crippen LogP contribution >= 0.6 is 0 Å². The number of piperidine rings is 1. The van der Waals surface area contributed by atoms with Gasteiger partial charge in [0.15, 0.2) is 5.78 Å². The van der Waals surface area contributed by atoms with Gasteiger partial charge >= 0.3 is 0 Å². The fourth-order valence-corrected chi connectivity index (χ4v) is 7.48. The van der Waals surface area contributed by atoms with E-state index in [1.807, 2.05) is 61.5 Å². The van der Waals surface area contributed by atoms with E-state index in [1.165, 1.54) is 11.3 Å². The number of fused-ring (bicyclic) bond motifs is 1. The zero-order valence-corrected chi connectivity index (χ0v) is 28.6. The first-order valence-corrected chi connectivity index (χ1v) is 17.5. The highest BCUT2D eigenvalue weighted by Crippen LogP contribution is 2.37. The monoisotopic (exact) mass is 644 g/mol. The number of hydrogen-bond acceptors (Lipinski definition) is 5. The Balaban J connectivity index is 1.21. The number of Topliss-reactive ketones (excluding diaryl/α,β-unsaturated/α-hetero) is 1. The summed E-state index contributed by atoms with van der Waals surface area (Å²) in [5.74, 6) is 0.389. The third-order valence-electron chi connectivity index (χ3n) is 10.3. The average molecular weight is 645 g/mol. The predicted molar refractivity (Wildman–Crippen MR) is 194 cm³/mol. The highest BCUT2D eigenvalue weighted by atomic mass is 16.2. The van der Waals surface area contributed by atoms with Crippen molar-refractivity contribution < 1.29 is 14.4 Å². The zero-order valence-electron chi connectivity index (χ0n) is 28.6. The summed E-state index contributed by atoms with van der Waals surface area (Å²) in [6, 6.07) is 20.3. The van der Waals surface area contributed by atoms with Crippen LogP contribution in [0, 0.1) is 6.92 Å². The molecule has 48 heavy (non-hydrogen) atoms. The third-order valence-corrected chi connectivity index (χ3v) is 10.3. The Kier molecular flexibility index (Phi) is 10.4. The van der Waals surface area contributed by atoms with E-state index in [9.17, 15) is 14.4 Å². The lowest BCUT2D eigenvalue weighted by Crippen LogP contribution is -2.33.